The van der Waals surface area contributed by atoms with E-state index in [1.165, 1.54) is 7.11 Å². The van der Waals surface area contributed by atoms with Crippen molar-refractivity contribution in [1.29, 1.82) is 0 Å². The summed E-state index contributed by atoms with van der Waals surface area (Å²) in [6, 6.07) is 6.84. The number of benzene rings is 1. The molecule has 34 heavy (non-hydrogen) atoms. The van der Waals surface area contributed by atoms with Gasteiger partial charge >= 0.3 is 0 Å². The highest BCUT2D eigenvalue weighted by molar-refractivity contribution is 5.96. The summed E-state index contributed by atoms with van der Waals surface area (Å²) >= 11 is 0. The molecule has 2 N–H and O–H groups in total. The first-order valence-electron chi connectivity index (χ1n) is 11.4. The Morgan fingerprint density at radius 2 is 1.85 bits per heavy atom. The molecule has 2 heterocycles. The van der Waals surface area contributed by atoms with Crippen LogP contribution < -0.4 is 20.3 Å². The van der Waals surface area contributed by atoms with Crippen LogP contribution in [0.1, 0.15) is 59.7 Å². The summed E-state index contributed by atoms with van der Waals surface area (Å²) in [5.74, 6) is 0.826. The van der Waals surface area contributed by atoms with Crippen LogP contribution in [-0.2, 0) is 11.2 Å². The van der Waals surface area contributed by atoms with Crippen molar-refractivity contribution in [1.82, 2.24) is 25.4 Å². The maximum Gasteiger partial charge on any atom is 0.269 e. The number of carbonyl (C=O) groups is 2. The van der Waals surface area contributed by atoms with Crippen LogP contribution in [0.5, 0.6) is 11.5 Å². The van der Waals surface area contributed by atoms with Gasteiger partial charge in [0.2, 0.25) is 5.91 Å². The Bertz CT molecular complexity index is 1190. The Balaban J connectivity index is 1.56. The summed E-state index contributed by atoms with van der Waals surface area (Å²) in [5.41, 5.74) is 9.75. The molecule has 182 valence electrons. The van der Waals surface area contributed by atoms with Crippen LogP contribution in [0.15, 0.2) is 24.3 Å². The third-order valence-corrected chi connectivity index (χ3v) is 5.58. The van der Waals surface area contributed by atoms with Gasteiger partial charge in [-0.25, -0.2) is 9.50 Å². The smallest absolute Gasteiger partial charge is 0.269 e. The van der Waals surface area contributed by atoms with Crippen LogP contribution in [0.3, 0.4) is 0 Å². The van der Waals surface area contributed by atoms with E-state index in [4.69, 9.17) is 9.47 Å². The molecule has 0 aliphatic heterocycles. The third kappa shape index (κ3) is 6.03. The number of nitrogens with zero attached hydrogens (tertiary/aromatic N) is 3. The maximum absolute atomic E-state index is 12.5. The first-order valence-corrected chi connectivity index (χ1v) is 11.4. The van der Waals surface area contributed by atoms with Crippen molar-refractivity contribution in [3.05, 3.63) is 52.5 Å². The van der Waals surface area contributed by atoms with Gasteiger partial charge in [0.25, 0.3) is 5.91 Å². The quantitative estimate of drug-likeness (QED) is 0.467. The van der Waals surface area contributed by atoms with Crippen LogP contribution in [0.2, 0.25) is 0 Å². The Hall–Kier alpha value is -3.62. The number of carbonyl (C=O) groups excluding carboxylic acids is 2. The fraction of sp³-hybridized carbons (Fsp3) is 0.440. The standard InChI is InChI=1S/C25H33N5O4/c1-15(2)11-12-34-21-9-7-19(14-22(21)33-6)25(32)28-27-24(31)10-8-20-17(4)26-23-13-16(3)29-30(23)18(20)5/h7,9,13-15H,8,10-12H2,1-6H3,(H,27,31)(H,28,32). The average Bonchev–Trinajstić information content (AvgIpc) is 3.17. The molecule has 0 saturated carbocycles. The Kier molecular flexibility index (Phi) is 8.09. The number of aromatic nitrogens is 3. The summed E-state index contributed by atoms with van der Waals surface area (Å²) in [7, 11) is 1.52. The Morgan fingerprint density at radius 1 is 1.09 bits per heavy atom. The van der Waals surface area contributed by atoms with Gasteiger partial charge < -0.3 is 9.47 Å². The monoisotopic (exact) mass is 467 g/mol. The molecule has 0 aliphatic rings. The predicted octanol–water partition coefficient (Wildman–Crippen LogP) is 3.48. The van der Waals surface area contributed by atoms with E-state index >= 15 is 0 Å². The van der Waals surface area contributed by atoms with Crippen LogP contribution >= 0.6 is 0 Å². The fourth-order valence-corrected chi connectivity index (χ4v) is 3.64. The van der Waals surface area contributed by atoms with Crippen molar-refractivity contribution in [2.45, 2.75) is 53.9 Å². The summed E-state index contributed by atoms with van der Waals surface area (Å²) in [6.45, 7) is 10.6. The average molecular weight is 468 g/mol. The maximum atomic E-state index is 12.5. The SMILES string of the molecule is COc1cc(C(=O)NNC(=O)CCc2c(C)nc3cc(C)nn3c2C)ccc1OCCC(C)C. The lowest BCUT2D eigenvalue weighted by atomic mass is 10.1. The van der Waals surface area contributed by atoms with E-state index in [1.807, 2.05) is 26.8 Å². The number of fused-ring (bicyclic) bond motifs is 1. The highest BCUT2D eigenvalue weighted by Gasteiger charge is 2.15. The summed E-state index contributed by atoms with van der Waals surface area (Å²) in [5, 5.41) is 4.46. The molecule has 3 aromatic rings. The lowest BCUT2D eigenvalue weighted by Gasteiger charge is -2.14. The number of nitrogens with one attached hydrogen (secondary N) is 2. The van der Waals surface area contributed by atoms with Crippen LogP contribution in [0.4, 0.5) is 0 Å². The molecule has 2 aromatic heterocycles. The van der Waals surface area contributed by atoms with Crippen LogP contribution in [0, 0.1) is 26.7 Å². The number of hydrazine groups is 1. The zero-order chi connectivity index (χ0) is 24.8. The molecule has 0 fully saturated rings. The van der Waals surface area contributed by atoms with Crippen LogP contribution in [0.25, 0.3) is 5.65 Å². The summed E-state index contributed by atoms with van der Waals surface area (Å²) < 4.78 is 12.9. The molecule has 9 heteroatoms. The van der Waals surface area contributed by atoms with Gasteiger partial charge in [-0.2, -0.15) is 5.10 Å². The van der Waals surface area contributed by atoms with Gasteiger partial charge in [0, 0.05) is 29.4 Å². The van der Waals surface area contributed by atoms with Gasteiger partial charge in [0.05, 0.1) is 19.4 Å². The molecule has 0 bridgehead atoms. The summed E-state index contributed by atoms with van der Waals surface area (Å²) in [4.78, 5) is 29.5. The van der Waals surface area contributed by atoms with Gasteiger partial charge in [-0.15, -0.1) is 0 Å². The lowest BCUT2D eigenvalue weighted by molar-refractivity contribution is -0.121. The topological polar surface area (TPSA) is 107 Å². The third-order valence-electron chi connectivity index (χ3n) is 5.58. The number of rotatable bonds is 9. The highest BCUT2D eigenvalue weighted by atomic mass is 16.5. The Labute approximate surface area is 199 Å². The number of methoxy groups -OCH3 is 1. The molecule has 0 aliphatic carbocycles. The van der Waals surface area contributed by atoms with Gasteiger partial charge in [0.15, 0.2) is 17.1 Å². The molecule has 3 rings (SSSR count). The van der Waals surface area contributed by atoms with Gasteiger partial charge in [0.1, 0.15) is 0 Å². The zero-order valence-corrected chi connectivity index (χ0v) is 20.7. The van der Waals surface area contributed by atoms with E-state index < -0.39 is 5.91 Å². The van der Waals surface area contributed by atoms with Crippen molar-refractivity contribution < 1.29 is 19.1 Å². The Morgan fingerprint density at radius 3 is 2.56 bits per heavy atom. The van der Waals surface area contributed by atoms with E-state index in [0.29, 0.717) is 36.0 Å². The van der Waals surface area contributed by atoms with E-state index in [1.54, 1.807) is 22.7 Å². The number of ether oxygens (including phenoxy) is 2. The van der Waals surface area contributed by atoms with Crippen molar-refractivity contribution in [2.75, 3.05) is 13.7 Å². The van der Waals surface area contributed by atoms with Crippen molar-refractivity contribution in [3.63, 3.8) is 0 Å². The van der Waals surface area contributed by atoms with E-state index in [2.05, 4.69) is 34.8 Å². The molecule has 9 nitrogen and oxygen atoms in total. The molecule has 0 spiro atoms. The number of hydrogen-bond acceptors (Lipinski definition) is 6. The molecule has 2 amide bonds. The molecule has 0 saturated heterocycles. The zero-order valence-electron chi connectivity index (χ0n) is 20.7. The second-order valence-corrected chi connectivity index (χ2v) is 8.72. The van der Waals surface area contributed by atoms with Gasteiger partial charge in [-0.1, -0.05) is 13.8 Å². The summed E-state index contributed by atoms with van der Waals surface area (Å²) in [6.07, 6.45) is 1.60. The molecule has 0 atom stereocenters. The predicted molar refractivity (Wildman–Crippen MR) is 129 cm³/mol. The van der Waals surface area contributed by atoms with Crippen molar-refractivity contribution >= 4 is 17.5 Å². The second kappa shape index (κ2) is 11.0. The molecule has 0 unspecified atom stereocenters. The first-order chi connectivity index (χ1) is 16.2. The van der Waals surface area contributed by atoms with Gasteiger partial charge in [-0.3, -0.25) is 20.4 Å². The minimum Gasteiger partial charge on any atom is -0.493 e. The highest BCUT2D eigenvalue weighted by Crippen LogP contribution is 2.28. The van der Waals surface area contributed by atoms with E-state index in [-0.39, 0.29) is 12.3 Å². The van der Waals surface area contributed by atoms with Crippen molar-refractivity contribution in [3.8, 4) is 11.5 Å². The van der Waals surface area contributed by atoms with Crippen LogP contribution in [-0.4, -0.2) is 40.1 Å². The number of amides is 2. The van der Waals surface area contributed by atoms with E-state index in [0.717, 1.165) is 34.7 Å². The normalized spacial score (nSPS) is 11.0. The van der Waals surface area contributed by atoms with E-state index in [9.17, 15) is 9.59 Å². The molecule has 0 radical (unpaired) electrons. The minimum absolute atomic E-state index is 0.196. The number of hydrogen-bond donors (Lipinski definition) is 2. The molecule has 1 aromatic carbocycles. The van der Waals surface area contributed by atoms with Gasteiger partial charge in [-0.05, 0) is 63.3 Å². The lowest BCUT2D eigenvalue weighted by Crippen LogP contribution is -2.41. The fourth-order valence-electron chi connectivity index (χ4n) is 3.64. The molecular formula is C25H33N5O4. The molecular weight excluding hydrogens is 434 g/mol. The largest absolute Gasteiger partial charge is 0.493 e. The first kappa shape index (κ1) is 25.0. The minimum atomic E-state index is -0.442. The second-order valence-electron chi connectivity index (χ2n) is 8.72. The number of aryl methyl sites for hydroxylation is 3. The van der Waals surface area contributed by atoms with Crippen molar-refractivity contribution in [2.24, 2.45) is 5.92 Å².